The molecule has 1 heterocycles. The Morgan fingerprint density at radius 2 is 1.86 bits per heavy atom. The van der Waals surface area contributed by atoms with Crippen molar-refractivity contribution in [2.24, 2.45) is 0 Å². The number of hydrogen-bond donors (Lipinski definition) is 2. The van der Waals surface area contributed by atoms with Crippen LogP contribution < -0.4 is 15.4 Å². The van der Waals surface area contributed by atoms with Gasteiger partial charge in [0, 0.05) is 5.69 Å². The van der Waals surface area contributed by atoms with E-state index >= 15 is 0 Å². The van der Waals surface area contributed by atoms with E-state index in [1.807, 2.05) is 69.3 Å². The highest BCUT2D eigenvalue weighted by Gasteiger charge is 2.18. The van der Waals surface area contributed by atoms with Gasteiger partial charge in [-0.05, 0) is 44.5 Å². The van der Waals surface area contributed by atoms with E-state index in [9.17, 15) is 4.79 Å². The Morgan fingerprint density at radius 3 is 2.61 bits per heavy atom. The van der Waals surface area contributed by atoms with Crippen LogP contribution in [0.1, 0.15) is 19.4 Å². The summed E-state index contributed by atoms with van der Waals surface area (Å²) < 4.78 is 6.34. The molecule has 0 bridgehead atoms. The number of aromatic nitrogens is 2. The van der Waals surface area contributed by atoms with Crippen LogP contribution in [0, 0.1) is 6.92 Å². The van der Waals surface area contributed by atoms with Crippen molar-refractivity contribution in [1.29, 1.82) is 0 Å². The molecule has 2 N–H and O–H groups in total. The first-order valence-corrected chi connectivity index (χ1v) is 10.6. The number of anilines is 3. The molecule has 1 amide bonds. The maximum Gasteiger partial charge on any atom is 0.237 e. The van der Waals surface area contributed by atoms with Gasteiger partial charge in [-0.2, -0.15) is 0 Å². The summed E-state index contributed by atoms with van der Waals surface area (Å²) in [6.07, 6.45) is 0. The van der Waals surface area contributed by atoms with Gasteiger partial charge in [0.15, 0.2) is 4.34 Å². The van der Waals surface area contributed by atoms with Crippen LogP contribution in [0.4, 0.5) is 16.5 Å². The van der Waals surface area contributed by atoms with Crippen molar-refractivity contribution in [1.82, 2.24) is 10.2 Å². The highest BCUT2D eigenvalue weighted by Crippen LogP contribution is 2.33. The predicted octanol–water partition coefficient (Wildman–Crippen LogP) is 5.11. The molecule has 1 unspecified atom stereocenters. The molecule has 2 aromatic carbocycles. The Balaban J connectivity index is 1.61. The van der Waals surface area contributed by atoms with Gasteiger partial charge in [0.25, 0.3) is 0 Å². The van der Waals surface area contributed by atoms with Crippen molar-refractivity contribution < 1.29 is 9.53 Å². The van der Waals surface area contributed by atoms with Crippen LogP contribution >= 0.6 is 23.1 Å². The lowest BCUT2D eigenvalue weighted by Gasteiger charge is -2.12. The number of benzene rings is 2. The zero-order chi connectivity index (χ0) is 19.9. The molecule has 0 aliphatic heterocycles. The molecule has 1 atom stereocenters. The van der Waals surface area contributed by atoms with Crippen LogP contribution in [0.5, 0.6) is 5.75 Å². The number of para-hydroxylation sites is 3. The molecule has 1 aromatic heterocycles. The molecule has 0 aliphatic carbocycles. The van der Waals surface area contributed by atoms with Crippen LogP contribution in [0.3, 0.4) is 0 Å². The van der Waals surface area contributed by atoms with E-state index in [4.69, 9.17) is 4.74 Å². The summed E-state index contributed by atoms with van der Waals surface area (Å²) in [5.74, 6) is 0.700. The largest absolute Gasteiger partial charge is 0.492 e. The van der Waals surface area contributed by atoms with Crippen LogP contribution in [0.2, 0.25) is 0 Å². The van der Waals surface area contributed by atoms with Gasteiger partial charge in [0.2, 0.25) is 11.0 Å². The Labute approximate surface area is 172 Å². The third kappa shape index (κ3) is 5.24. The molecule has 146 valence electrons. The first kappa shape index (κ1) is 20.2. The SMILES string of the molecule is CCOc1ccccc1Nc1nnc(SC(C)C(=O)Nc2ccccc2C)s1. The summed E-state index contributed by atoms with van der Waals surface area (Å²) in [4.78, 5) is 12.5. The smallest absolute Gasteiger partial charge is 0.237 e. The molecule has 3 rings (SSSR count). The average Bonchev–Trinajstić information content (AvgIpc) is 3.12. The van der Waals surface area contributed by atoms with Crippen molar-refractivity contribution in [3.63, 3.8) is 0 Å². The summed E-state index contributed by atoms with van der Waals surface area (Å²) in [7, 11) is 0. The Bertz CT molecular complexity index is 945. The Kier molecular flexibility index (Phi) is 6.89. The summed E-state index contributed by atoms with van der Waals surface area (Å²) in [6.45, 7) is 6.36. The number of carbonyl (C=O) groups is 1. The zero-order valence-electron chi connectivity index (χ0n) is 15.9. The van der Waals surface area contributed by atoms with E-state index in [1.165, 1.54) is 23.1 Å². The molecule has 0 spiro atoms. The molecule has 3 aromatic rings. The maximum absolute atomic E-state index is 12.5. The van der Waals surface area contributed by atoms with Crippen LogP contribution in [-0.2, 0) is 4.79 Å². The predicted molar refractivity (Wildman–Crippen MR) is 116 cm³/mol. The van der Waals surface area contributed by atoms with Gasteiger partial charge in [-0.1, -0.05) is 53.4 Å². The Morgan fingerprint density at radius 1 is 1.14 bits per heavy atom. The lowest BCUT2D eigenvalue weighted by Crippen LogP contribution is -2.22. The summed E-state index contributed by atoms with van der Waals surface area (Å²) >= 11 is 2.79. The molecule has 0 fully saturated rings. The van der Waals surface area contributed by atoms with E-state index in [0.29, 0.717) is 11.7 Å². The van der Waals surface area contributed by atoms with Crippen LogP contribution in [0.25, 0.3) is 0 Å². The summed E-state index contributed by atoms with van der Waals surface area (Å²) in [5, 5.41) is 14.9. The van der Waals surface area contributed by atoms with Crippen molar-refractivity contribution in [2.75, 3.05) is 17.2 Å². The van der Waals surface area contributed by atoms with E-state index in [2.05, 4.69) is 20.8 Å². The number of carbonyl (C=O) groups excluding carboxylic acids is 1. The standard InChI is InChI=1S/C20H22N4O2S2/c1-4-26-17-12-8-7-11-16(17)22-19-23-24-20(28-19)27-14(3)18(25)21-15-10-6-5-9-13(15)2/h5-12,14H,4H2,1-3H3,(H,21,25)(H,22,23). The van der Waals surface area contributed by atoms with Crippen molar-refractivity contribution in [3.05, 3.63) is 54.1 Å². The van der Waals surface area contributed by atoms with E-state index in [0.717, 1.165) is 27.0 Å². The van der Waals surface area contributed by atoms with Gasteiger partial charge >= 0.3 is 0 Å². The topological polar surface area (TPSA) is 76.1 Å². The molecule has 0 saturated heterocycles. The van der Waals surface area contributed by atoms with Crippen molar-refractivity contribution in [3.8, 4) is 5.75 Å². The number of nitrogens with one attached hydrogen (secondary N) is 2. The number of thioether (sulfide) groups is 1. The van der Waals surface area contributed by atoms with Crippen molar-refractivity contribution >= 4 is 45.5 Å². The fraction of sp³-hybridized carbons (Fsp3) is 0.250. The maximum atomic E-state index is 12.5. The number of rotatable bonds is 8. The first-order chi connectivity index (χ1) is 13.6. The molecular formula is C20H22N4O2S2. The first-order valence-electron chi connectivity index (χ1n) is 8.92. The minimum Gasteiger partial charge on any atom is -0.492 e. The summed E-state index contributed by atoms with van der Waals surface area (Å²) in [6, 6.07) is 15.4. The van der Waals surface area contributed by atoms with E-state index < -0.39 is 0 Å². The lowest BCUT2D eigenvalue weighted by molar-refractivity contribution is -0.115. The number of ether oxygens (including phenoxy) is 1. The van der Waals surface area contributed by atoms with E-state index in [1.54, 1.807) is 0 Å². The highest BCUT2D eigenvalue weighted by molar-refractivity contribution is 8.02. The van der Waals surface area contributed by atoms with Crippen LogP contribution in [0.15, 0.2) is 52.9 Å². The molecule has 0 aliphatic rings. The number of nitrogens with zero attached hydrogens (tertiary/aromatic N) is 2. The molecular weight excluding hydrogens is 392 g/mol. The quantitative estimate of drug-likeness (QED) is 0.499. The minimum absolute atomic E-state index is 0.0642. The lowest BCUT2D eigenvalue weighted by atomic mass is 10.2. The fourth-order valence-electron chi connectivity index (χ4n) is 2.43. The fourth-order valence-corrected chi connectivity index (χ4v) is 4.33. The second-order valence-electron chi connectivity index (χ2n) is 5.99. The third-order valence-corrected chi connectivity index (χ3v) is 5.91. The summed E-state index contributed by atoms with van der Waals surface area (Å²) in [5.41, 5.74) is 2.69. The molecule has 8 heteroatoms. The average molecular weight is 415 g/mol. The van der Waals surface area contributed by atoms with Crippen LogP contribution in [-0.4, -0.2) is 28.0 Å². The minimum atomic E-state index is -0.295. The van der Waals surface area contributed by atoms with Gasteiger partial charge in [0.05, 0.1) is 17.5 Å². The molecule has 6 nitrogen and oxygen atoms in total. The zero-order valence-corrected chi connectivity index (χ0v) is 17.6. The monoisotopic (exact) mass is 414 g/mol. The number of hydrogen-bond acceptors (Lipinski definition) is 7. The number of aryl methyl sites for hydroxylation is 1. The molecule has 0 radical (unpaired) electrons. The highest BCUT2D eigenvalue weighted by atomic mass is 32.2. The molecule has 0 saturated carbocycles. The normalized spacial score (nSPS) is 11.7. The Hall–Kier alpha value is -2.58. The van der Waals surface area contributed by atoms with Gasteiger partial charge in [-0.15, -0.1) is 10.2 Å². The third-order valence-electron chi connectivity index (χ3n) is 3.88. The van der Waals surface area contributed by atoms with Crippen molar-refractivity contribution in [2.45, 2.75) is 30.4 Å². The second kappa shape index (κ2) is 9.57. The van der Waals surface area contributed by atoms with Gasteiger partial charge in [-0.25, -0.2) is 0 Å². The van der Waals surface area contributed by atoms with Gasteiger partial charge in [-0.3, -0.25) is 4.79 Å². The second-order valence-corrected chi connectivity index (χ2v) is 8.56. The molecule has 28 heavy (non-hydrogen) atoms. The van der Waals surface area contributed by atoms with Gasteiger partial charge in [0.1, 0.15) is 5.75 Å². The number of amides is 1. The van der Waals surface area contributed by atoms with E-state index in [-0.39, 0.29) is 11.2 Å². The van der Waals surface area contributed by atoms with Gasteiger partial charge < -0.3 is 15.4 Å².